The Morgan fingerprint density at radius 2 is 1.90 bits per heavy atom. The molecule has 1 rings (SSSR count). The van der Waals surface area contributed by atoms with Crippen molar-refractivity contribution in [2.24, 2.45) is 0 Å². The number of carboxylic acids is 1. The van der Waals surface area contributed by atoms with Crippen molar-refractivity contribution >= 4 is 17.7 Å². The predicted octanol–water partition coefficient (Wildman–Crippen LogP) is 2.72. The number of methoxy groups -OCH3 is 2. The van der Waals surface area contributed by atoms with Crippen LogP contribution in [0.3, 0.4) is 0 Å². The fourth-order valence-corrected chi connectivity index (χ4v) is 2.88. The number of carboxylic acid groups (broad SMARTS) is 1. The van der Waals surface area contributed by atoms with Crippen molar-refractivity contribution in [3.63, 3.8) is 0 Å². The Kier molecular flexibility index (Phi) is 6.84. The van der Waals surface area contributed by atoms with Crippen molar-refractivity contribution in [2.75, 3.05) is 27.5 Å². The van der Waals surface area contributed by atoms with E-state index in [1.165, 1.54) is 0 Å². The third-order valence-corrected chi connectivity index (χ3v) is 4.23. The second-order valence-corrected chi connectivity index (χ2v) is 5.54. The average molecular weight is 313 g/mol. The molecule has 0 spiro atoms. The molecule has 0 fully saturated rings. The summed E-state index contributed by atoms with van der Waals surface area (Å²) < 4.78 is 10.6. The maximum atomic E-state index is 11.2. The molecule has 1 N–H and O–H groups in total. The largest absolute Gasteiger partial charge is 0.493 e. The molecule has 0 aliphatic rings. The molecular formula is C15H23NO4S. The van der Waals surface area contributed by atoms with Gasteiger partial charge in [0.2, 0.25) is 0 Å². The SMILES string of the molecule is CCC(C(=O)O)N(C)Cc1cc(OC)c(OC)cc1SC. The number of likely N-dealkylation sites (N-methyl/N-ethyl adjacent to an activating group) is 1. The summed E-state index contributed by atoms with van der Waals surface area (Å²) in [6, 6.07) is 3.34. The van der Waals surface area contributed by atoms with Gasteiger partial charge in [0.1, 0.15) is 6.04 Å². The van der Waals surface area contributed by atoms with Crippen LogP contribution in [0.2, 0.25) is 0 Å². The van der Waals surface area contributed by atoms with Gasteiger partial charge < -0.3 is 14.6 Å². The molecule has 21 heavy (non-hydrogen) atoms. The Labute approximate surface area is 130 Å². The van der Waals surface area contributed by atoms with Crippen LogP contribution in [-0.4, -0.2) is 49.5 Å². The second kappa shape index (κ2) is 8.14. The fraction of sp³-hybridized carbons (Fsp3) is 0.533. The number of thioether (sulfide) groups is 1. The number of carbonyl (C=O) groups is 1. The number of ether oxygens (including phenoxy) is 2. The van der Waals surface area contributed by atoms with Crippen LogP contribution in [0.15, 0.2) is 17.0 Å². The van der Waals surface area contributed by atoms with E-state index in [2.05, 4.69) is 0 Å². The van der Waals surface area contributed by atoms with Gasteiger partial charge in [-0.2, -0.15) is 0 Å². The van der Waals surface area contributed by atoms with Crippen LogP contribution < -0.4 is 9.47 Å². The van der Waals surface area contributed by atoms with Crippen LogP contribution in [0.5, 0.6) is 11.5 Å². The van der Waals surface area contributed by atoms with Crippen LogP contribution in [0.4, 0.5) is 0 Å². The van der Waals surface area contributed by atoms with E-state index >= 15 is 0 Å². The minimum atomic E-state index is -0.800. The van der Waals surface area contributed by atoms with Gasteiger partial charge in [0.25, 0.3) is 0 Å². The van der Waals surface area contributed by atoms with Crippen LogP contribution in [-0.2, 0) is 11.3 Å². The maximum Gasteiger partial charge on any atom is 0.320 e. The Bertz CT molecular complexity index is 493. The molecule has 6 heteroatoms. The molecule has 0 aliphatic carbocycles. The van der Waals surface area contributed by atoms with E-state index in [0.29, 0.717) is 24.5 Å². The topological polar surface area (TPSA) is 59.0 Å². The normalized spacial score (nSPS) is 12.3. The predicted molar refractivity (Wildman–Crippen MR) is 84.5 cm³/mol. The smallest absolute Gasteiger partial charge is 0.320 e. The summed E-state index contributed by atoms with van der Waals surface area (Å²) in [6.45, 7) is 2.42. The average Bonchev–Trinajstić information content (AvgIpc) is 2.46. The summed E-state index contributed by atoms with van der Waals surface area (Å²) in [7, 11) is 5.02. The molecule has 1 aromatic carbocycles. The van der Waals surface area contributed by atoms with E-state index in [0.717, 1.165) is 10.5 Å². The van der Waals surface area contributed by atoms with Gasteiger partial charge in [-0.25, -0.2) is 0 Å². The third kappa shape index (κ3) is 4.28. The van der Waals surface area contributed by atoms with Crippen LogP contribution in [0, 0.1) is 0 Å². The molecule has 0 amide bonds. The van der Waals surface area contributed by atoms with E-state index in [9.17, 15) is 9.90 Å². The lowest BCUT2D eigenvalue weighted by Gasteiger charge is -2.25. The van der Waals surface area contributed by atoms with Crippen molar-refractivity contribution in [3.8, 4) is 11.5 Å². The first-order chi connectivity index (χ1) is 9.98. The highest BCUT2D eigenvalue weighted by atomic mass is 32.2. The molecular weight excluding hydrogens is 290 g/mol. The van der Waals surface area contributed by atoms with Gasteiger partial charge in [-0.1, -0.05) is 6.92 Å². The fourth-order valence-electron chi connectivity index (χ4n) is 2.27. The zero-order valence-electron chi connectivity index (χ0n) is 13.2. The first-order valence-corrected chi connectivity index (χ1v) is 7.92. The maximum absolute atomic E-state index is 11.2. The quantitative estimate of drug-likeness (QED) is 0.745. The number of hydrogen-bond acceptors (Lipinski definition) is 5. The number of nitrogens with zero attached hydrogens (tertiary/aromatic N) is 1. The molecule has 118 valence electrons. The van der Waals surface area contributed by atoms with Crippen LogP contribution in [0.25, 0.3) is 0 Å². The van der Waals surface area contributed by atoms with Crippen LogP contribution >= 0.6 is 11.8 Å². The summed E-state index contributed by atoms with van der Waals surface area (Å²) in [5, 5.41) is 9.24. The highest BCUT2D eigenvalue weighted by molar-refractivity contribution is 7.98. The zero-order valence-corrected chi connectivity index (χ0v) is 14.0. The third-order valence-electron chi connectivity index (χ3n) is 3.41. The van der Waals surface area contributed by atoms with Crippen molar-refractivity contribution in [2.45, 2.75) is 30.8 Å². The summed E-state index contributed by atoms with van der Waals surface area (Å²) in [4.78, 5) is 14.1. The minimum absolute atomic E-state index is 0.493. The highest BCUT2D eigenvalue weighted by Gasteiger charge is 2.22. The minimum Gasteiger partial charge on any atom is -0.493 e. The van der Waals surface area contributed by atoms with E-state index in [4.69, 9.17) is 9.47 Å². The molecule has 0 aromatic heterocycles. The lowest BCUT2D eigenvalue weighted by molar-refractivity contribution is -0.143. The Balaban J connectivity index is 3.09. The van der Waals surface area contributed by atoms with Gasteiger partial charge in [-0.15, -0.1) is 11.8 Å². The Hall–Kier alpha value is -1.40. The standard InChI is InChI=1S/C15H23NO4S/c1-6-11(15(17)18)16(2)9-10-7-12(19-3)13(20-4)8-14(10)21-5/h7-8,11H,6,9H2,1-5H3,(H,17,18). The number of rotatable bonds is 8. The zero-order chi connectivity index (χ0) is 16.0. The second-order valence-electron chi connectivity index (χ2n) is 4.70. The molecule has 1 atom stereocenters. The van der Waals surface area contributed by atoms with E-state index < -0.39 is 12.0 Å². The van der Waals surface area contributed by atoms with Crippen molar-refractivity contribution in [3.05, 3.63) is 17.7 Å². The molecule has 0 bridgehead atoms. The van der Waals surface area contributed by atoms with Gasteiger partial charge >= 0.3 is 5.97 Å². The van der Waals surface area contributed by atoms with Gasteiger partial charge in [-0.05, 0) is 37.4 Å². The van der Waals surface area contributed by atoms with Crippen molar-refractivity contribution < 1.29 is 19.4 Å². The van der Waals surface area contributed by atoms with E-state index in [-0.39, 0.29) is 0 Å². The number of aliphatic carboxylic acids is 1. The molecule has 0 saturated carbocycles. The monoisotopic (exact) mass is 313 g/mol. The van der Waals surface area contributed by atoms with E-state index in [1.807, 2.05) is 37.3 Å². The molecule has 0 saturated heterocycles. The molecule has 0 aliphatic heterocycles. The summed E-state index contributed by atoms with van der Waals surface area (Å²) in [6.07, 6.45) is 2.55. The van der Waals surface area contributed by atoms with Gasteiger partial charge in [0, 0.05) is 11.4 Å². The van der Waals surface area contributed by atoms with Crippen LogP contribution in [0.1, 0.15) is 18.9 Å². The number of benzene rings is 1. The lowest BCUT2D eigenvalue weighted by Crippen LogP contribution is -2.37. The van der Waals surface area contributed by atoms with Gasteiger partial charge in [0.15, 0.2) is 11.5 Å². The van der Waals surface area contributed by atoms with Gasteiger partial charge in [-0.3, -0.25) is 9.69 Å². The molecule has 1 aromatic rings. The number of hydrogen-bond donors (Lipinski definition) is 1. The highest BCUT2D eigenvalue weighted by Crippen LogP contribution is 2.35. The molecule has 1 unspecified atom stereocenters. The molecule has 0 heterocycles. The summed E-state index contributed by atoms with van der Waals surface area (Å²) >= 11 is 1.60. The lowest BCUT2D eigenvalue weighted by atomic mass is 10.1. The van der Waals surface area contributed by atoms with Crippen molar-refractivity contribution in [1.82, 2.24) is 4.90 Å². The molecule has 5 nitrogen and oxygen atoms in total. The summed E-state index contributed by atoms with van der Waals surface area (Å²) in [5.74, 6) is 0.534. The summed E-state index contributed by atoms with van der Waals surface area (Å²) in [5.41, 5.74) is 1.03. The first kappa shape index (κ1) is 17.7. The van der Waals surface area contributed by atoms with E-state index in [1.54, 1.807) is 26.0 Å². The van der Waals surface area contributed by atoms with Gasteiger partial charge in [0.05, 0.1) is 14.2 Å². The Morgan fingerprint density at radius 3 is 2.33 bits per heavy atom. The first-order valence-electron chi connectivity index (χ1n) is 6.70. The van der Waals surface area contributed by atoms with Crippen molar-refractivity contribution in [1.29, 1.82) is 0 Å². The molecule has 0 radical (unpaired) electrons. The Morgan fingerprint density at radius 1 is 1.33 bits per heavy atom.